The van der Waals surface area contributed by atoms with Crippen molar-refractivity contribution in [2.45, 2.75) is 53.0 Å². The number of benzene rings is 1. The molecule has 1 fully saturated rings. The molecule has 1 aromatic rings. The molecule has 3 heteroatoms. The van der Waals surface area contributed by atoms with Crippen LogP contribution in [-0.2, 0) is 4.79 Å². The second-order valence-corrected chi connectivity index (χ2v) is 6.81. The normalized spacial score (nSPS) is 15.9. The summed E-state index contributed by atoms with van der Waals surface area (Å²) in [7, 11) is 0. The van der Waals surface area contributed by atoms with Gasteiger partial charge in [-0.2, -0.15) is 0 Å². The molecule has 3 nitrogen and oxygen atoms in total. The second-order valence-electron chi connectivity index (χ2n) is 6.81. The van der Waals surface area contributed by atoms with Crippen molar-refractivity contribution in [3.05, 3.63) is 34.9 Å². The van der Waals surface area contributed by atoms with Crippen molar-refractivity contribution in [2.24, 2.45) is 5.92 Å². The highest BCUT2D eigenvalue weighted by Crippen LogP contribution is 2.29. The lowest BCUT2D eigenvalue weighted by molar-refractivity contribution is -0.123. The van der Waals surface area contributed by atoms with Gasteiger partial charge in [-0.05, 0) is 69.2 Å². The first-order valence-electron chi connectivity index (χ1n) is 8.58. The van der Waals surface area contributed by atoms with Crippen molar-refractivity contribution in [3.63, 3.8) is 0 Å². The molecule has 1 aliphatic rings. The molecule has 0 bridgehead atoms. The van der Waals surface area contributed by atoms with Gasteiger partial charge < -0.3 is 5.32 Å². The maximum atomic E-state index is 12.3. The van der Waals surface area contributed by atoms with Gasteiger partial charge in [-0.15, -0.1) is 0 Å². The standard InChI is InChI=1S/C19H30N2O/c1-5-10-21(12-17-7-8-17)13-19(22)20-16(4)18-9-6-14(2)15(3)11-18/h6,9,11,16-17H,5,7-8,10,12-13H2,1-4H3,(H,20,22). The minimum atomic E-state index is 0.0659. The Bertz CT molecular complexity index is 508. The molecule has 0 aliphatic heterocycles. The zero-order valence-corrected chi connectivity index (χ0v) is 14.5. The summed E-state index contributed by atoms with van der Waals surface area (Å²) in [5.41, 5.74) is 3.75. The van der Waals surface area contributed by atoms with Crippen LogP contribution in [0.4, 0.5) is 0 Å². The molecule has 1 saturated carbocycles. The summed E-state index contributed by atoms with van der Waals surface area (Å²) in [5.74, 6) is 0.969. The van der Waals surface area contributed by atoms with Gasteiger partial charge in [0.15, 0.2) is 0 Å². The van der Waals surface area contributed by atoms with Crippen LogP contribution >= 0.6 is 0 Å². The van der Waals surface area contributed by atoms with E-state index in [2.05, 4.69) is 56.1 Å². The quantitative estimate of drug-likeness (QED) is 0.795. The Morgan fingerprint density at radius 2 is 2.05 bits per heavy atom. The first-order valence-corrected chi connectivity index (χ1v) is 8.58. The number of nitrogens with zero attached hydrogens (tertiary/aromatic N) is 1. The average molecular weight is 302 g/mol. The first kappa shape index (κ1) is 17.0. The van der Waals surface area contributed by atoms with Gasteiger partial charge in [0.1, 0.15) is 0 Å². The van der Waals surface area contributed by atoms with Gasteiger partial charge in [0.05, 0.1) is 12.6 Å². The van der Waals surface area contributed by atoms with Gasteiger partial charge in [0.25, 0.3) is 0 Å². The third kappa shape index (κ3) is 5.13. The number of nitrogens with one attached hydrogen (secondary N) is 1. The van der Waals surface area contributed by atoms with Crippen molar-refractivity contribution in [2.75, 3.05) is 19.6 Å². The Morgan fingerprint density at radius 3 is 2.64 bits per heavy atom. The van der Waals surface area contributed by atoms with Crippen LogP contribution in [0.15, 0.2) is 18.2 Å². The maximum Gasteiger partial charge on any atom is 0.234 e. The van der Waals surface area contributed by atoms with Gasteiger partial charge in [0.2, 0.25) is 5.91 Å². The third-order valence-electron chi connectivity index (χ3n) is 4.53. The second kappa shape index (κ2) is 7.77. The third-order valence-corrected chi connectivity index (χ3v) is 4.53. The van der Waals surface area contributed by atoms with E-state index in [4.69, 9.17) is 0 Å². The topological polar surface area (TPSA) is 32.3 Å². The van der Waals surface area contributed by atoms with Crippen LogP contribution in [-0.4, -0.2) is 30.4 Å². The lowest BCUT2D eigenvalue weighted by Gasteiger charge is -2.22. The van der Waals surface area contributed by atoms with Gasteiger partial charge >= 0.3 is 0 Å². The molecular formula is C19H30N2O. The minimum Gasteiger partial charge on any atom is -0.348 e. The Labute approximate surface area is 135 Å². The van der Waals surface area contributed by atoms with E-state index < -0.39 is 0 Å². The molecule has 1 atom stereocenters. The van der Waals surface area contributed by atoms with Crippen molar-refractivity contribution >= 4 is 5.91 Å². The van der Waals surface area contributed by atoms with Crippen molar-refractivity contribution in [1.82, 2.24) is 10.2 Å². The summed E-state index contributed by atoms with van der Waals surface area (Å²) < 4.78 is 0. The lowest BCUT2D eigenvalue weighted by atomic mass is 10.0. The molecule has 0 saturated heterocycles. The SMILES string of the molecule is CCCN(CC(=O)NC(C)c1ccc(C)c(C)c1)CC1CC1. The van der Waals surface area contributed by atoms with E-state index in [0.717, 1.165) is 25.4 Å². The summed E-state index contributed by atoms with van der Waals surface area (Å²) >= 11 is 0. The van der Waals surface area contributed by atoms with Crippen LogP contribution in [0.1, 0.15) is 55.8 Å². The fourth-order valence-electron chi connectivity index (χ4n) is 2.82. The van der Waals surface area contributed by atoms with Gasteiger partial charge in [-0.25, -0.2) is 0 Å². The van der Waals surface area contributed by atoms with Gasteiger partial charge in [-0.3, -0.25) is 9.69 Å². The van der Waals surface area contributed by atoms with Gasteiger partial charge in [-0.1, -0.05) is 25.1 Å². The van der Waals surface area contributed by atoms with Gasteiger partial charge in [0, 0.05) is 6.54 Å². The summed E-state index contributed by atoms with van der Waals surface area (Å²) in [6, 6.07) is 6.48. The van der Waals surface area contributed by atoms with E-state index in [-0.39, 0.29) is 11.9 Å². The molecule has 22 heavy (non-hydrogen) atoms. The smallest absolute Gasteiger partial charge is 0.234 e. The maximum absolute atomic E-state index is 12.3. The highest BCUT2D eigenvalue weighted by molar-refractivity contribution is 5.78. The molecule has 0 radical (unpaired) electrons. The van der Waals surface area contributed by atoms with Crippen LogP contribution in [0.2, 0.25) is 0 Å². The number of hydrogen-bond donors (Lipinski definition) is 1. The highest BCUT2D eigenvalue weighted by atomic mass is 16.2. The summed E-state index contributed by atoms with van der Waals surface area (Å²) in [4.78, 5) is 14.6. The Balaban J connectivity index is 1.87. The highest BCUT2D eigenvalue weighted by Gasteiger charge is 2.25. The number of aryl methyl sites for hydroxylation is 2. The lowest BCUT2D eigenvalue weighted by Crippen LogP contribution is -2.39. The first-order chi connectivity index (χ1) is 10.5. The fraction of sp³-hybridized carbons (Fsp3) is 0.632. The summed E-state index contributed by atoms with van der Waals surface area (Å²) in [6.07, 6.45) is 3.77. The molecule has 122 valence electrons. The van der Waals surface area contributed by atoms with Crippen LogP contribution in [0.25, 0.3) is 0 Å². The monoisotopic (exact) mass is 302 g/mol. The van der Waals surface area contributed by atoms with Crippen LogP contribution in [0, 0.1) is 19.8 Å². The molecule has 0 heterocycles. The number of hydrogen-bond acceptors (Lipinski definition) is 2. The average Bonchev–Trinajstić information content (AvgIpc) is 3.25. The fourth-order valence-corrected chi connectivity index (χ4v) is 2.82. The predicted molar refractivity (Wildman–Crippen MR) is 91.9 cm³/mol. The van der Waals surface area contributed by atoms with Crippen molar-refractivity contribution in [3.8, 4) is 0 Å². The molecule has 2 rings (SSSR count). The summed E-state index contributed by atoms with van der Waals surface area (Å²) in [6.45, 7) is 11.1. The van der Waals surface area contributed by atoms with E-state index in [1.54, 1.807) is 0 Å². The van der Waals surface area contributed by atoms with Crippen molar-refractivity contribution in [1.29, 1.82) is 0 Å². The van der Waals surface area contributed by atoms with E-state index in [1.807, 2.05) is 0 Å². The zero-order chi connectivity index (χ0) is 16.1. The number of carbonyl (C=O) groups is 1. The molecular weight excluding hydrogens is 272 g/mol. The largest absolute Gasteiger partial charge is 0.348 e. The van der Waals surface area contributed by atoms with E-state index in [1.165, 1.54) is 29.5 Å². The molecule has 1 unspecified atom stereocenters. The Kier molecular flexibility index (Phi) is 6.01. The van der Waals surface area contributed by atoms with Crippen molar-refractivity contribution < 1.29 is 4.79 Å². The molecule has 0 spiro atoms. The minimum absolute atomic E-state index is 0.0659. The van der Waals surface area contributed by atoms with Crippen LogP contribution in [0.3, 0.4) is 0 Å². The van der Waals surface area contributed by atoms with E-state index in [9.17, 15) is 4.79 Å². The Morgan fingerprint density at radius 1 is 1.32 bits per heavy atom. The van der Waals surface area contributed by atoms with E-state index >= 15 is 0 Å². The molecule has 1 N–H and O–H groups in total. The van der Waals surface area contributed by atoms with Crippen LogP contribution < -0.4 is 5.32 Å². The van der Waals surface area contributed by atoms with Crippen LogP contribution in [0.5, 0.6) is 0 Å². The Hall–Kier alpha value is -1.35. The zero-order valence-electron chi connectivity index (χ0n) is 14.5. The predicted octanol–water partition coefficient (Wildman–Crippen LogP) is 3.60. The molecule has 1 aromatic carbocycles. The number of rotatable bonds is 8. The van der Waals surface area contributed by atoms with E-state index in [0.29, 0.717) is 6.54 Å². The number of carbonyl (C=O) groups excluding carboxylic acids is 1. The summed E-state index contributed by atoms with van der Waals surface area (Å²) in [5, 5.41) is 3.14. The molecule has 1 amide bonds. The molecule has 1 aliphatic carbocycles. The number of amides is 1. The molecule has 0 aromatic heterocycles.